The molecule has 1 aliphatic carbocycles. The van der Waals surface area contributed by atoms with Crippen LogP contribution in [-0.2, 0) is 11.2 Å². The van der Waals surface area contributed by atoms with Crippen LogP contribution in [0.1, 0.15) is 42.3 Å². The van der Waals surface area contributed by atoms with Crippen molar-refractivity contribution in [1.29, 1.82) is 0 Å². The van der Waals surface area contributed by atoms with Crippen molar-refractivity contribution in [3.8, 4) is 11.3 Å². The highest BCUT2D eigenvalue weighted by Gasteiger charge is 2.33. The van der Waals surface area contributed by atoms with Crippen LogP contribution >= 0.6 is 0 Å². The van der Waals surface area contributed by atoms with Gasteiger partial charge in [0.2, 0.25) is 5.91 Å². The summed E-state index contributed by atoms with van der Waals surface area (Å²) < 4.78 is 32.5. The molecular weight excluding hydrogens is 374 g/mol. The van der Waals surface area contributed by atoms with Gasteiger partial charge >= 0.3 is 0 Å². The van der Waals surface area contributed by atoms with Gasteiger partial charge in [-0.2, -0.15) is 0 Å². The minimum absolute atomic E-state index is 0.0246. The van der Waals surface area contributed by atoms with Gasteiger partial charge in [-0.25, -0.2) is 13.8 Å². The van der Waals surface area contributed by atoms with Gasteiger partial charge < -0.3 is 9.73 Å². The van der Waals surface area contributed by atoms with Crippen LogP contribution in [0, 0.1) is 24.5 Å². The number of nitrogens with one attached hydrogen (secondary N) is 1. The van der Waals surface area contributed by atoms with Gasteiger partial charge in [0.1, 0.15) is 11.6 Å². The van der Waals surface area contributed by atoms with E-state index in [2.05, 4.69) is 34.6 Å². The lowest BCUT2D eigenvalue weighted by Gasteiger charge is -2.19. The first kappa shape index (κ1) is 19.3. The Morgan fingerprint density at radius 3 is 2.66 bits per heavy atom. The number of rotatable bonds is 7. The largest absolute Gasteiger partial charge is 0.441 e. The Morgan fingerprint density at radius 1 is 1.21 bits per heavy atom. The quantitative estimate of drug-likeness (QED) is 0.602. The van der Waals surface area contributed by atoms with Gasteiger partial charge in [0.25, 0.3) is 0 Å². The summed E-state index contributed by atoms with van der Waals surface area (Å²) in [6.45, 7) is 2.04. The highest BCUT2D eigenvalue weighted by atomic mass is 19.1. The van der Waals surface area contributed by atoms with E-state index in [0.717, 1.165) is 30.5 Å². The second kappa shape index (κ2) is 8.15. The fraction of sp³-hybridized carbons (Fsp3) is 0.304. The molecule has 1 unspecified atom stereocenters. The Bertz CT molecular complexity index is 1010. The third kappa shape index (κ3) is 4.70. The zero-order chi connectivity index (χ0) is 20.4. The predicted molar refractivity (Wildman–Crippen MR) is 105 cm³/mol. The molecule has 3 aromatic rings. The molecule has 1 aromatic heterocycles. The molecule has 1 amide bonds. The molecule has 1 atom stereocenters. The van der Waals surface area contributed by atoms with E-state index in [0.29, 0.717) is 18.2 Å². The summed E-state index contributed by atoms with van der Waals surface area (Å²) in [6, 6.07) is 11.5. The summed E-state index contributed by atoms with van der Waals surface area (Å²) in [6.07, 6.45) is 4.15. The Morgan fingerprint density at radius 2 is 1.97 bits per heavy atom. The van der Waals surface area contributed by atoms with Gasteiger partial charge in [0.05, 0.1) is 17.8 Å². The first-order valence-corrected chi connectivity index (χ1v) is 9.75. The molecular formula is C23H22F2N2O2. The zero-order valence-electron chi connectivity index (χ0n) is 16.1. The molecule has 150 valence electrons. The molecule has 2 aromatic carbocycles. The maximum atomic E-state index is 13.9. The van der Waals surface area contributed by atoms with Gasteiger partial charge in [-0.1, -0.05) is 29.8 Å². The molecule has 1 fully saturated rings. The van der Waals surface area contributed by atoms with E-state index in [1.165, 1.54) is 17.8 Å². The van der Waals surface area contributed by atoms with E-state index >= 15 is 0 Å². The van der Waals surface area contributed by atoms with Crippen LogP contribution in [0.5, 0.6) is 0 Å². The van der Waals surface area contributed by atoms with E-state index in [4.69, 9.17) is 4.42 Å². The number of benzene rings is 2. The van der Waals surface area contributed by atoms with E-state index in [1.54, 1.807) is 0 Å². The predicted octanol–water partition coefficient (Wildman–Crippen LogP) is 5.13. The van der Waals surface area contributed by atoms with Crippen LogP contribution < -0.4 is 5.32 Å². The van der Waals surface area contributed by atoms with Crippen LogP contribution in [0.25, 0.3) is 11.3 Å². The Labute approximate surface area is 168 Å². The van der Waals surface area contributed by atoms with Crippen molar-refractivity contribution in [2.75, 3.05) is 0 Å². The lowest BCUT2D eigenvalue weighted by molar-refractivity contribution is -0.122. The monoisotopic (exact) mass is 396 g/mol. The Hall–Kier alpha value is -3.02. The van der Waals surface area contributed by atoms with Crippen LogP contribution in [0.2, 0.25) is 0 Å². The van der Waals surface area contributed by atoms with E-state index < -0.39 is 11.6 Å². The number of nitrogens with zero attached hydrogens (tertiary/aromatic N) is 1. The Kier molecular flexibility index (Phi) is 5.43. The van der Waals surface area contributed by atoms with Crippen LogP contribution in [0.4, 0.5) is 8.78 Å². The van der Waals surface area contributed by atoms with Gasteiger partial charge in [-0.3, -0.25) is 4.79 Å². The number of amides is 1. The molecule has 29 heavy (non-hydrogen) atoms. The van der Waals surface area contributed by atoms with Gasteiger partial charge in [-0.05, 0) is 43.4 Å². The SMILES string of the molecule is Cc1ccc(C(NC(=O)CCc2ncc(-c3ccc(F)cc3F)o2)C2CC2)cc1. The number of aryl methyl sites for hydroxylation is 2. The summed E-state index contributed by atoms with van der Waals surface area (Å²) in [5, 5.41) is 3.13. The molecule has 4 rings (SSSR count). The van der Waals surface area contributed by atoms with Gasteiger partial charge in [0, 0.05) is 18.9 Å². The topological polar surface area (TPSA) is 55.1 Å². The number of aromatic nitrogens is 1. The lowest BCUT2D eigenvalue weighted by Crippen LogP contribution is -2.30. The average molecular weight is 396 g/mol. The van der Waals surface area contributed by atoms with E-state index in [1.807, 2.05) is 6.92 Å². The molecule has 0 bridgehead atoms. The molecule has 1 aliphatic rings. The molecule has 1 saturated carbocycles. The van der Waals surface area contributed by atoms with Crippen LogP contribution in [0.3, 0.4) is 0 Å². The minimum atomic E-state index is -0.712. The van der Waals surface area contributed by atoms with Crippen molar-refractivity contribution in [3.05, 3.63) is 77.3 Å². The van der Waals surface area contributed by atoms with Crippen molar-refractivity contribution in [1.82, 2.24) is 10.3 Å². The maximum Gasteiger partial charge on any atom is 0.221 e. The number of hydrogen-bond acceptors (Lipinski definition) is 3. The van der Waals surface area contributed by atoms with Crippen molar-refractivity contribution < 1.29 is 18.0 Å². The second-order valence-corrected chi connectivity index (χ2v) is 7.54. The second-order valence-electron chi connectivity index (χ2n) is 7.54. The van der Waals surface area contributed by atoms with Crippen LogP contribution in [-0.4, -0.2) is 10.9 Å². The summed E-state index contributed by atoms with van der Waals surface area (Å²) >= 11 is 0. The molecule has 6 heteroatoms. The van der Waals surface area contributed by atoms with Crippen molar-refractivity contribution in [3.63, 3.8) is 0 Å². The molecule has 1 N–H and O–H groups in total. The first-order chi connectivity index (χ1) is 14.0. The maximum absolute atomic E-state index is 13.9. The molecule has 4 nitrogen and oxygen atoms in total. The normalized spacial score (nSPS) is 14.6. The van der Waals surface area contributed by atoms with Gasteiger partial charge in [0.15, 0.2) is 11.7 Å². The highest BCUT2D eigenvalue weighted by Crippen LogP contribution is 2.41. The minimum Gasteiger partial charge on any atom is -0.441 e. The summed E-state index contributed by atoms with van der Waals surface area (Å²) in [7, 11) is 0. The number of halogens is 2. The number of hydrogen-bond donors (Lipinski definition) is 1. The average Bonchev–Trinajstić information content (AvgIpc) is 3.43. The molecule has 0 spiro atoms. The van der Waals surface area contributed by atoms with Crippen molar-refractivity contribution in [2.24, 2.45) is 5.92 Å². The lowest BCUT2D eigenvalue weighted by atomic mass is 10.0. The third-order valence-corrected chi connectivity index (χ3v) is 5.16. The number of oxazole rings is 1. The molecule has 0 saturated heterocycles. The van der Waals surface area contributed by atoms with E-state index in [9.17, 15) is 13.6 Å². The fourth-order valence-corrected chi connectivity index (χ4v) is 3.38. The Balaban J connectivity index is 1.37. The van der Waals surface area contributed by atoms with Gasteiger partial charge in [-0.15, -0.1) is 0 Å². The summed E-state index contributed by atoms with van der Waals surface area (Å²) in [4.78, 5) is 16.6. The first-order valence-electron chi connectivity index (χ1n) is 9.75. The fourth-order valence-electron chi connectivity index (χ4n) is 3.38. The van der Waals surface area contributed by atoms with Crippen molar-refractivity contribution >= 4 is 5.91 Å². The molecule has 1 heterocycles. The molecule has 0 radical (unpaired) electrons. The summed E-state index contributed by atoms with van der Waals surface area (Å²) in [5.41, 5.74) is 2.45. The zero-order valence-corrected chi connectivity index (χ0v) is 16.1. The third-order valence-electron chi connectivity index (χ3n) is 5.16. The van der Waals surface area contributed by atoms with E-state index in [-0.39, 0.29) is 29.7 Å². The molecule has 0 aliphatic heterocycles. The number of carbonyl (C=O) groups excluding carboxylic acids is 1. The standard InChI is InChI=1S/C23H22F2N2O2/c1-14-2-4-15(5-3-14)23(16-6-7-16)27-21(28)10-11-22-26-13-20(29-22)18-9-8-17(24)12-19(18)25/h2-5,8-9,12-13,16,23H,6-7,10-11H2,1H3,(H,27,28). The number of carbonyl (C=O) groups is 1. The highest BCUT2D eigenvalue weighted by molar-refractivity contribution is 5.76. The van der Waals surface area contributed by atoms with Crippen LogP contribution in [0.15, 0.2) is 53.1 Å². The van der Waals surface area contributed by atoms with Crippen molar-refractivity contribution in [2.45, 2.75) is 38.6 Å². The summed E-state index contributed by atoms with van der Waals surface area (Å²) in [5.74, 6) is -0.394. The smallest absolute Gasteiger partial charge is 0.221 e.